The molecule has 0 radical (unpaired) electrons. The molecule has 0 unspecified atom stereocenters. The van der Waals surface area contributed by atoms with Crippen LogP contribution in [0.2, 0.25) is 0 Å². The Kier molecular flexibility index (Phi) is 7.21. The van der Waals surface area contributed by atoms with E-state index in [1.165, 1.54) is 6.42 Å². The molecule has 1 heterocycles. The van der Waals surface area contributed by atoms with Gasteiger partial charge in [0.05, 0.1) is 16.8 Å². The molecule has 1 atom stereocenters. The van der Waals surface area contributed by atoms with Crippen LogP contribution in [-0.2, 0) is 9.47 Å². The molecule has 0 bridgehead atoms. The van der Waals surface area contributed by atoms with E-state index in [0.717, 1.165) is 17.9 Å². The summed E-state index contributed by atoms with van der Waals surface area (Å²) in [5, 5.41) is 18.7. The first-order valence-corrected chi connectivity index (χ1v) is 7.75. The Bertz CT molecular complexity index is 206. The summed E-state index contributed by atoms with van der Waals surface area (Å²) in [6.45, 7) is -0.187. The number of aliphatic hydroxyl groups is 2. The van der Waals surface area contributed by atoms with Crippen LogP contribution < -0.4 is 0 Å². The Morgan fingerprint density at radius 3 is 2.24 bits per heavy atom. The minimum absolute atomic E-state index is 0.100. The Balaban J connectivity index is 2.63. The lowest BCUT2D eigenvalue weighted by molar-refractivity contribution is -0.108. The smallest absolute Gasteiger partial charge is 0.158 e. The first kappa shape index (κ1) is 15.6. The number of aliphatic hydroxyl groups excluding tert-OH is 2. The molecule has 0 aromatic carbocycles. The van der Waals surface area contributed by atoms with Crippen molar-refractivity contribution in [1.82, 2.24) is 0 Å². The van der Waals surface area contributed by atoms with Gasteiger partial charge in [-0.25, -0.2) is 0 Å². The third kappa shape index (κ3) is 4.96. The molecule has 0 aliphatic carbocycles. The Morgan fingerprint density at radius 2 is 1.76 bits per heavy atom. The molecule has 1 saturated heterocycles. The fourth-order valence-corrected chi connectivity index (χ4v) is 5.34. The second-order valence-electron chi connectivity index (χ2n) is 4.11. The van der Waals surface area contributed by atoms with Gasteiger partial charge in [0.25, 0.3) is 0 Å². The van der Waals surface area contributed by atoms with Crippen LogP contribution in [0, 0.1) is 0 Å². The molecule has 1 aliphatic rings. The molecular weight excluding hydrogens is 260 g/mol. The highest BCUT2D eigenvalue weighted by atomic mass is 32.2. The van der Waals surface area contributed by atoms with E-state index < -0.39 is 6.10 Å². The predicted molar refractivity (Wildman–Crippen MR) is 72.4 cm³/mol. The number of methoxy groups -OCH3 is 2. The first-order valence-electron chi connectivity index (χ1n) is 5.78. The Hall–Kier alpha value is 0.540. The van der Waals surface area contributed by atoms with E-state index in [2.05, 4.69) is 0 Å². The van der Waals surface area contributed by atoms with E-state index >= 15 is 0 Å². The highest BCUT2D eigenvalue weighted by molar-refractivity contribution is 8.18. The normalized spacial score (nSPS) is 21.7. The second kappa shape index (κ2) is 7.86. The van der Waals surface area contributed by atoms with Crippen LogP contribution >= 0.6 is 23.5 Å². The quantitative estimate of drug-likeness (QED) is 0.687. The second-order valence-corrected chi connectivity index (χ2v) is 7.32. The lowest BCUT2D eigenvalue weighted by atomic mass is 10.1. The number of thioether (sulfide) groups is 2. The summed E-state index contributed by atoms with van der Waals surface area (Å²) >= 11 is 3.69. The van der Waals surface area contributed by atoms with Crippen molar-refractivity contribution in [3.05, 3.63) is 0 Å². The Labute approximate surface area is 111 Å². The van der Waals surface area contributed by atoms with Crippen LogP contribution in [-0.4, -0.2) is 59.0 Å². The maximum absolute atomic E-state index is 9.68. The topological polar surface area (TPSA) is 58.9 Å². The van der Waals surface area contributed by atoms with Crippen LogP contribution in [0.1, 0.15) is 19.3 Å². The molecule has 2 N–H and O–H groups in total. The standard InChI is InChI=1S/C11H22O4S2/c1-14-10(15-2)7-11(6-9(13)8-12)16-4-3-5-17-11/h9-10,12-13H,3-8H2,1-2H3/t9-/m1/s1. The van der Waals surface area contributed by atoms with Gasteiger partial charge in [0.15, 0.2) is 6.29 Å². The van der Waals surface area contributed by atoms with E-state index in [4.69, 9.17) is 14.6 Å². The average Bonchev–Trinajstić information content (AvgIpc) is 2.37. The van der Waals surface area contributed by atoms with Crippen molar-refractivity contribution in [3.63, 3.8) is 0 Å². The number of hydrogen-bond acceptors (Lipinski definition) is 6. The molecule has 17 heavy (non-hydrogen) atoms. The van der Waals surface area contributed by atoms with Gasteiger partial charge in [0.1, 0.15) is 0 Å². The van der Waals surface area contributed by atoms with Gasteiger partial charge in [-0.3, -0.25) is 0 Å². The molecule has 4 nitrogen and oxygen atoms in total. The fraction of sp³-hybridized carbons (Fsp3) is 1.00. The van der Waals surface area contributed by atoms with Gasteiger partial charge >= 0.3 is 0 Å². The van der Waals surface area contributed by atoms with Crippen molar-refractivity contribution in [1.29, 1.82) is 0 Å². The molecule has 1 aliphatic heterocycles. The maximum atomic E-state index is 9.68. The molecule has 1 fully saturated rings. The average molecular weight is 282 g/mol. The zero-order chi connectivity index (χ0) is 12.7. The maximum Gasteiger partial charge on any atom is 0.158 e. The van der Waals surface area contributed by atoms with Crippen molar-refractivity contribution < 1.29 is 19.7 Å². The van der Waals surface area contributed by atoms with Gasteiger partial charge in [-0.15, -0.1) is 23.5 Å². The summed E-state index contributed by atoms with van der Waals surface area (Å²) in [5.74, 6) is 2.18. The molecule has 6 heteroatoms. The molecule has 0 aromatic rings. The molecule has 0 saturated carbocycles. The van der Waals surface area contributed by atoms with Gasteiger partial charge in [0.2, 0.25) is 0 Å². The van der Waals surface area contributed by atoms with E-state index in [-0.39, 0.29) is 17.0 Å². The van der Waals surface area contributed by atoms with Gasteiger partial charge in [0, 0.05) is 20.6 Å². The van der Waals surface area contributed by atoms with Crippen molar-refractivity contribution in [2.24, 2.45) is 0 Å². The third-order valence-corrected chi connectivity index (χ3v) is 6.19. The number of rotatable bonds is 7. The predicted octanol–water partition coefficient (Wildman–Crippen LogP) is 1.31. The van der Waals surface area contributed by atoms with Gasteiger partial charge in [-0.1, -0.05) is 0 Å². The van der Waals surface area contributed by atoms with Crippen molar-refractivity contribution in [3.8, 4) is 0 Å². The highest BCUT2D eigenvalue weighted by Gasteiger charge is 2.38. The third-order valence-electron chi connectivity index (χ3n) is 2.78. The van der Waals surface area contributed by atoms with Crippen LogP contribution in [0.4, 0.5) is 0 Å². The lowest BCUT2D eigenvalue weighted by Gasteiger charge is -2.39. The summed E-state index contributed by atoms with van der Waals surface area (Å²) in [7, 11) is 3.25. The fourth-order valence-electron chi connectivity index (χ4n) is 1.88. The van der Waals surface area contributed by atoms with E-state index in [0.29, 0.717) is 6.42 Å². The molecule has 0 spiro atoms. The molecule has 0 aromatic heterocycles. The molecule has 1 rings (SSSR count). The zero-order valence-corrected chi connectivity index (χ0v) is 12.1. The number of hydrogen-bond donors (Lipinski definition) is 2. The first-order chi connectivity index (χ1) is 8.15. The van der Waals surface area contributed by atoms with Crippen molar-refractivity contribution >= 4 is 23.5 Å². The van der Waals surface area contributed by atoms with Gasteiger partial charge < -0.3 is 19.7 Å². The van der Waals surface area contributed by atoms with Crippen LogP contribution in [0.15, 0.2) is 0 Å². The minimum Gasteiger partial charge on any atom is -0.394 e. The van der Waals surface area contributed by atoms with Crippen LogP contribution in [0.3, 0.4) is 0 Å². The van der Waals surface area contributed by atoms with Crippen LogP contribution in [0.25, 0.3) is 0 Å². The molecular formula is C11H22O4S2. The summed E-state index contributed by atoms with van der Waals surface area (Å²) < 4.78 is 10.4. The molecule has 102 valence electrons. The summed E-state index contributed by atoms with van der Waals surface area (Å²) in [6, 6.07) is 0. The number of ether oxygens (including phenoxy) is 2. The highest BCUT2D eigenvalue weighted by Crippen LogP contribution is 2.48. The molecule has 0 amide bonds. The van der Waals surface area contributed by atoms with Gasteiger partial charge in [-0.2, -0.15) is 0 Å². The largest absolute Gasteiger partial charge is 0.394 e. The van der Waals surface area contributed by atoms with Crippen LogP contribution in [0.5, 0.6) is 0 Å². The SMILES string of the molecule is COC(CC1(C[C@@H](O)CO)SCCCS1)OC. The summed E-state index contributed by atoms with van der Waals surface area (Å²) in [6.07, 6.45) is 1.58. The monoisotopic (exact) mass is 282 g/mol. The summed E-state index contributed by atoms with van der Waals surface area (Å²) in [4.78, 5) is 0. The zero-order valence-electron chi connectivity index (χ0n) is 10.4. The van der Waals surface area contributed by atoms with E-state index in [9.17, 15) is 5.11 Å². The minimum atomic E-state index is -0.664. The van der Waals surface area contributed by atoms with Crippen molar-refractivity contribution in [2.45, 2.75) is 35.7 Å². The van der Waals surface area contributed by atoms with Gasteiger partial charge in [-0.05, 0) is 24.3 Å². The van der Waals surface area contributed by atoms with E-state index in [1.807, 2.05) is 23.5 Å². The Morgan fingerprint density at radius 1 is 1.18 bits per heavy atom. The van der Waals surface area contributed by atoms with E-state index in [1.54, 1.807) is 14.2 Å². The van der Waals surface area contributed by atoms with Crippen molar-refractivity contribution in [2.75, 3.05) is 32.3 Å². The summed E-state index contributed by atoms with van der Waals surface area (Å²) in [5.41, 5.74) is 0. The lowest BCUT2D eigenvalue weighted by Crippen LogP contribution is -2.36.